The van der Waals surface area contributed by atoms with Gasteiger partial charge in [-0.15, -0.1) is 0 Å². The summed E-state index contributed by atoms with van der Waals surface area (Å²) in [6.07, 6.45) is 9.66. The molecule has 1 spiro atoms. The first-order chi connectivity index (χ1) is 18.0. The average molecular weight is 540 g/mol. The van der Waals surface area contributed by atoms with Crippen molar-refractivity contribution in [3.63, 3.8) is 0 Å². The number of aliphatic hydroxyl groups is 1. The number of aryl methyl sites for hydroxylation is 1. The fourth-order valence-electron chi connectivity index (χ4n) is 6.52. The molecule has 4 aliphatic rings. The van der Waals surface area contributed by atoms with Crippen molar-refractivity contribution in [1.29, 1.82) is 0 Å². The Bertz CT molecular complexity index is 1210. The molecule has 4 atom stereocenters. The van der Waals surface area contributed by atoms with Gasteiger partial charge in [0.25, 0.3) is 5.91 Å². The van der Waals surface area contributed by atoms with Crippen LogP contribution in [0.5, 0.6) is 5.75 Å². The van der Waals surface area contributed by atoms with E-state index in [0.717, 1.165) is 68.1 Å². The number of fused-ring (bicyclic) bond motifs is 4. The zero-order valence-electron chi connectivity index (χ0n) is 20.9. The van der Waals surface area contributed by atoms with Crippen molar-refractivity contribution in [1.82, 2.24) is 9.44 Å². The van der Waals surface area contributed by atoms with Gasteiger partial charge >= 0.3 is 0 Å². The first-order valence-corrected chi connectivity index (χ1v) is 14.6. The highest BCUT2D eigenvalue weighted by molar-refractivity contribution is 7.96. The summed E-state index contributed by atoms with van der Waals surface area (Å²) in [4.78, 5) is 15.4. The Morgan fingerprint density at radius 1 is 1.19 bits per heavy atom. The van der Waals surface area contributed by atoms with Gasteiger partial charge in [0, 0.05) is 47.8 Å². The largest absolute Gasteiger partial charge is 0.490 e. The number of ether oxygens (including phenoxy) is 1. The summed E-state index contributed by atoms with van der Waals surface area (Å²) in [6.45, 7) is 2.95. The van der Waals surface area contributed by atoms with Crippen LogP contribution in [0, 0.1) is 11.8 Å². The van der Waals surface area contributed by atoms with Crippen molar-refractivity contribution in [2.24, 2.45) is 11.8 Å². The number of halogens is 1. The van der Waals surface area contributed by atoms with Crippen LogP contribution in [0.1, 0.15) is 53.6 Å². The molecule has 0 unspecified atom stereocenters. The molecule has 2 aliphatic heterocycles. The summed E-state index contributed by atoms with van der Waals surface area (Å²) in [5, 5.41) is 11.7. The van der Waals surface area contributed by atoms with Crippen LogP contribution >= 0.6 is 23.7 Å². The summed E-state index contributed by atoms with van der Waals surface area (Å²) in [5.74, 6) is 1.32. The number of carbonyl (C=O) groups excluding carboxylic acids is 1. The number of rotatable bonds is 0. The smallest absolute Gasteiger partial charge is 0.262 e. The van der Waals surface area contributed by atoms with Crippen molar-refractivity contribution < 1.29 is 14.6 Å². The fraction of sp³-hybridized carbons (Fsp3) is 0.483. The lowest BCUT2D eigenvalue weighted by atomic mass is 9.68. The molecular weight excluding hydrogens is 506 g/mol. The van der Waals surface area contributed by atoms with Crippen LogP contribution in [0.15, 0.2) is 48.6 Å². The molecule has 0 aromatic heterocycles. The molecule has 2 heterocycles. The van der Waals surface area contributed by atoms with Gasteiger partial charge in [-0.25, -0.2) is 4.72 Å². The average Bonchev–Trinajstić information content (AvgIpc) is 3.02. The minimum Gasteiger partial charge on any atom is -0.490 e. The molecular formula is C29H34ClN3O3S. The Labute approximate surface area is 228 Å². The molecule has 3 N–H and O–H groups in total. The van der Waals surface area contributed by atoms with Gasteiger partial charge in [-0.3, -0.25) is 9.52 Å². The zero-order valence-corrected chi connectivity index (χ0v) is 22.5. The third kappa shape index (κ3) is 4.99. The normalized spacial score (nSPS) is 30.7. The highest BCUT2D eigenvalue weighted by atomic mass is 35.5. The van der Waals surface area contributed by atoms with E-state index in [4.69, 9.17) is 16.3 Å². The first-order valence-electron chi connectivity index (χ1n) is 13.4. The van der Waals surface area contributed by atoms with Gasteiger partial charge in [-0.1, -0.05) is 29.8 Å². The molecule has 2 aliphatic carbocycles. The van der Waals surface area contributed by atoms with E-state index in [0.29, 0.717) is 24.6 Å². The number of nitrogens with one attached hydrogen (secondary N) is 2. The number of carbonyl (C=O) groups is 1. The van der Waals surface area contributed by atoms with Gasteiger partial charge < -0.3 is 14.7 Å². The van der Waals surface area contributed by atoms with E-state index in [9.17, 15) is 9.90 Å². The molecule has 2 bridgehead atoms. The molecule has 2 aromatic carbocycles. The maximum absolute atomic E-state index is 13.0. The Morgan fingerprint density at radius 2 is 2.11 bits per heavy atom. The first kappa shape index (κ1) is 25.1. The van der Waals surface area contributed by atoms with Crippen LogP contribution in [0.3, 0.4) is 0 Å². The molecule has 0 radical (unpaired) electrons. The van der Waals surface area contributed by atoms with Crippen LogP contribution in [0.4, 0.5) is 5.69 Å². The minimum absolute atomic E-state index is 0.128. The van der Waals surface area contributed by atoms with Crippen LogP contribution in [0.2, 0.25) is 5.02 Å². The number of amides is 1. The van der Waals surface area contributed by atoms with E-state index in [1.54, 1.807) is 0 Å². The number of nitrogens with zero attached hydrogens (tertiary/aromatic N) is 1. The number of hydrogen-bond donors (Lipinski definition) is 3. The molecule has 0 saturated heterocycles. The third-order valence-corrected chi connectivity index (χ3v) is 9.50. The van der Waals surface area contributed by atoms with Gasteiger partial charge in [0.2, 0.25) is 0 Å². The van der Waals surface area contributed by atoms with Gasteiger partial charge in [-0.2, -0.15) is 0 Å². The second kappa shape index (κ2) is 10.5. The zero-order chi connectivity index (χ0) is 25.4. The lowest BCUT2D eigenvalue weighted by Crippen LogP contribution is -2.49. The lowest BCUT2D eigenvalue weighted by Gasteiger charge is -2.45. The van der Waals surface area contributed by atoms with Crippen molar-refractivity contribution in [2.75, 3.05) is 31.1 Å². The number of anilines is 1. The SMILES string of the molecule is O=C1NSNCC/C=C\[C@H](O)[C@@H]2CC[C@H]2CN2C[C@@]3(CCCc4cc(Cl)ccc43)COc3ccc1cc32. The Morgan fingerprint density at radius 3 is 2.97 bits per heavy atom. The van der Waals surface area contributed by atoms with Crippen molar-refractivity contribution in [3.8, 4) is 5.75 Å². The Balaban J connectivity index is 1.39. The van der Waals surface area contributed by atoms with Crippen molar-refractivity contribution in [3.05, 3.63) is 70.3 Å². The molecule has 1 saturated carbocycles. The molecule has 37 heavy (non-hydrogen) atoms. The molecule has 6 nitrogen and oxygen atoms in total. The maximum Gasteiger partial charge on any atom is 0.262 e. The van der Waals surface area contributed by atoms with E-state index in [1.165, 1.54) is 23.3 Å². The van der Waals surface area contributed by atoms with Crippen molar-refractivity contribution >= 4 is 35.3 Å². The van der Waals surface area contributed by atoms with E-state index in [1.807, 2.05) is 36.4 Å². The predicted octanol–water partition coefficient (Wildman–Crippen LogP) is 5.04. The highest BCUT2D eigenvalue weighted by Crippen LogP contribution is 2.46. The highest BCUT2D eigenvalue weighted by Gasteiger charge is 2.44. The van der Waals surface area contributed by atoms with Gasteiger partial charge in [0.05, 0.1) is 18.4 Å². The second-order valence-electron chi connectivity index (χ2n) is 10.9. The fourth-order valence-corrected chi connectivity index (χ4v) is 7.22. The summed E-state index contributed by atoms with van der Waals surface area (Å²) >= 11 is 7.58. The number of benzene rings is 2. The number of hydrogen-bond acceptors (Lipinski definition) is 6. The number of aliphatic hydroxyl groups excluding tert-OH is 1. The standard InChI is InChI=1S/C29H34ClN3O3S/c30-22-8-10-24-19(14-22)4-3-12-29(24)17-33-16-21-6-9-23(21)26(34)5-1-2-13-31-37-32-28(35)20-7-11-27(36-18-29)25(33)15-20/h1,5,7-8,10-11,14-15,21,23,26,31,34H,2-4,6,9,12-13,16-18H2,(H,32,35)/b5-1-/t21-,23+,26-,29-/m0/s1. The Kier molecular flexibility index (Phi) is 7.14. The molecule has 196 valence electrons. The minimum atomic E-state index is -0.431. The van der Waals surface area contributed by atoms with Gasteiger partial charge in [-0.05, 0) is 91.8 Å². The summed E-state index contributed by atoms with van der Waals surface area (Å²) < 4.78 is 12.6. The lowest BCUT2D eigenvalue weighted by molar-refractivity contribution is 0.0456. The second-order valence-corrected chi connectivity index (χ2v) is 12.1. The van der Waals surface area contributed by atoms with Crippen LogP contribution in [-0.4, -0.2) is 43.4 Å². The summed E-state index contributed by atoms with van der Waals surface area (Å²) in [5.41, 5.74) is 4.07. The van der Waals surface area contributed by atoms with E-state index < -0.39 is 6.10 Å². The molecule has 1 amide bonds. The van der Waals surface area contributed by atoms with Crippen LogP contribution in [0.25, 0.3) is 0 Å². The molecule has 2 aromatic rings. The summed E-state index contributed by atoms with van der Waals surface area (Å²) in [7, 11) is 0. The van der Waals surface area contributed by atoms with Gasteiger partial charge in [0.15, 0.2) is 0 Å². The van der Waals surface area contributed by atoms with E-state index in [2.05, 4.69) is 26.5 Å². The molecule has 1 fully saturated rings. The molecule has 8 heteroatoms. The molecule has 6 rings (SSSR count). The Hall–Kier alpha value is -2.19. The monoisotopic (exact) mass is 539 g/mol. The van der Waals surface area contributed by atoms with E-state index in [-0.39, 0.29) is 17.2 Å². The van der Waals surface area contributed by atoms with Crippen LogP contribution in [-0.2, 0) is 11.8 Å². The van der Waals surface area contributed by atoms with Crippen LogP contribution < -0.4 is 19.1 Å². The maximum atomic E-state index is 13.0. The quantitative estimate of drug-likeness (QED) is 0.322. The summed E-state index contributed by atoms with van der Waals surface area (Å²) in [6, 6.07) is 12.1. The van der Waals surface area contributed by atoms with Gasteiger partial charge in [0.1, 0.15) is 5.75 Å². The van der Waals surface area contributed by atoms with E-state index >= 15 is 0 Å². The topological polar surface area (TPSA) is 73.8 Å². The van der Waals surface area contributed by atoms with Crippen molar-refractivity contribution in [2.45, 2.75) is 50.0 Å². The predicted molar refractivity (Wildman–Crippen MR) is 149 cm³/mol. The third-order valence-electron chi connectivity index (χ3n) is 8.63.